The molecule has 56 heavy (non-hydrogen) atoms. The summed E-state index contributed by atoms with van der Waals surface area (Å²) in [5.74, 6) is -7.25. The first kappa shape index (κ1) is 37.8. The number of amides is 4. The molecule has 4 aromatic rings. The standard InChI is InChI=1S/C41H32Cl2IN3O9/c1-55-24-9-6-21(7-10-24)41-28(37(50)47(40(41)54)45-31-13-8-22(42)17-29(31)43)18-27-25(34(41)20-15-30(44)35(48)32(16-20)56-2)11-12-26-33(27)38(51)46(36(26)49)23-5-3-4-19(14-23)39(52)53/h3-11,13-17,26-28,33-34,45,48H,12,18H2,1-2H3,(H,52,53). The van der Waals surface area contributed by atoms with Crippen molar-refractivity contribution in [3.05, 3.63) is 121 Å². The van der Waals surface area contributed by atoms with E-state index in [2.05, 4.69) is 5.43 Å². The number of hydrazine groups is 1. The van der Waals surface area contributed by atoms with Gasteiger partial charge in [-0.1, -0.05) is 53.1 Å². The molecule has 15 heteroatoms. The van der Waals surface area contributed by atoms with Gasteiger partial charge in [-0.2, -0.15) is 5.01 Å². The number of benzene rings is 4. The smallest absolute Gasteiger partial charge is 0.335 e. The summed E-state index contributed by atoms with van der Waals surface area (Å²) in [5.41, 5.74) is 3.36. The second-order valence-corrected chi connectivity index (χ2v) is 16.1. The number of aromatic carboxylic acids is 1. The van der Waals surface area contributed by atoms with Gasteiger partial charge >= 0.3 is 5.97 Å². The van der Waals surface area contributed by atoms with E-state index in [9.17, 15) is 24.6 Å². The number of fused-ring (bicyclic) bond motifs is 4. The van der Waals surface area contributed by atoms with Crippen LogP contribution in [0.25, 0.3) is 0 Å². The van der Waals surface area contributed by atoms with Gasteiger partial charge in [0.25, 0.3) is 11.8 Å². The zero-order chi connectivity index (χ0) is 39.8. The molecule has 0 aromatic heterocycles. The van der Waals surface area contributed by atoms with Crippen LogP contribution in [0.15, 0.2) is 90.5 Å². The van der Waals surface area contributed by atoms with E-state index in [0.717, 1.165) is 9.91 Å². The zero-order valence-electron chi connectivity index (χ0n) is 29.7. The van der Waals surface area contributed by atoms with E-state index < -0.39 is 64.6 Å². The summed E-state index contributed by atoms with van der Waals surface area (Å²) in [5, 5.41) is 22.1. The molecule has 0 bridgehead atoms. The maximum atomic E-state index is 15.5. The Hall–Kier alpha value is -5.12. The highest BCUT2D eigenvalue weighted by Gasteiger charge is 2.70. The topological polar surface area (TPSA) is 163 Å². The molecule has 8 rings (SSSR count). The largest absolute Gasteiger partial charge is 0.504 e. The lowest BCUT2D eigenvalue weighted by Crippen LogP contribution is -2.53. The number of anilines is 2. The van der Waals surface area contributed by atoms with Crippen LogP contribution in [-0.4, -0.2) is 59.0 Å². The van der Waals surface area contributed by atoms with Crippen molar-refractivity contribution in [2.75, 3.05) is 24.5 Å². The molecule has 2 aliphatic carbocycles. The van der Waals surface area contributed by atoms with Gasteiger partial charge < -0.3 is 19.7 Å². The van der Waals surface area contributed by atoms with Gasteiger partial charge in [0.15, 0.2) is 11.5 Å². The van der Waals surface area contributed by atoms with Gasteiger partial charge in [-0.25, -0.2) is 4.79 Å². The molecule has 0 radical (unpaired) electrons. The van der Waals surface area contributed by atoms with Crippen LogP contribution in [0.4, 0.5) is 11.4 Å². The molecular weight excluding hydrogens is 876 g/mol. The number of carboxylic acid groups (broad SMARTS) is 1. The highest BCUT2D eigenvalue weighted by Crippen LogP contribution is 2.65. The number of ether oxygens (including phenoxy) is 2. The number of nitrogens with one attached hydrogen (secondary N) is 1. The quantitative estimate of drug-likeness (QED) is 0.0936. The fourth-order valence-corrected chi connectivity index (χ4v) is 10.2. The summed E-state index contributed by atoms with van der Waals surface area (Å²) in [6.45, 7) is 0. The molecule has 2 heterocycles. The van der Waals surface area contributed by atoms with E-state index >= 15 is 9.59 Å². The lowest BCUT2D eigenvalue weighted by molar-refractivity contribution is -0.138. The lowest BCUT2D eigenvalue weighted by Gasteiger charge is -2.50. The van der Waals surface area contributed by atoms with Crippen LogP contribution < -0.4 is 19.8 Å². The van der Waals surface area contributed by atoms with Gasteiger partial charge in [-0.05, 0) is 113 Å². The number of carbonyl (C=O) groups excluding carboxylic acids is 4. The predicted molar refractivity (Wildman–Crippen MR) is 214 cm³/mol. The molecule has 4 amide bonds. The minimum atomic E-state index is -1.63. The molecule has 2 aliphatic heterocycles. The molecule has 6 atom stereocenters. The van der Waals surface area contributed by atoms with E-state index in [4.69, 9.17) is 32.7 Å². The number of phenolic OH excluding ortho intramolecular Hbond substituents is 1. The number of imide groups is 2. The minimum absolute atomic E-state index is 0.0148. The highest BCUT2D eigenvalue weighted by molar-refractivity contribution is 14.1. The summed E-state index contributed by atoms with van der Waals surface area (Å²) in [7, 11) is 2.93. The minimum Gasteiger partial charge on any atom is -0.504 e. The summed E-state index contributed by atoms with van der Waals surface area (Å²) >= 11 is 14.7. The Labute approximate surface area is 344 Å². The number of hydrogen-bond donors (Lipinski definition) is 3. The van der Waals surface area contributed by atoms with Crippen molar-refractivity contribution in [3.63, 3.8) is 0 Å². The molecule has 1 saturated carbocycles. The predicted octanol–water partition coefficient (Wildman–Crippen LogP) is 7.21. The number of carbonyl (C=O) groups is 5. The van der Waals surface area contributed by atoms with Gasteiger partial charge in [0.05, 0.1) is 62.9 Å². The molecular formula is C41H32Cl2IN3O9. The fraction of sp³-hybridized carbons (Fsp3) is 0.244. The Morgan fingerprint density at radius 3 is 2.34 bits per heavy atom. The molecule has 0 spiro atoms. The number of allylic oxidation sites excluding steroid dienone is 2. The number of hydrogen-bond acceptors (Lipinski definition) is 9. The van der Waals surface area contributed by atoms with Crippen LogP contribution in [0.2, 0.25) is 10.0 Å². The maximum absolute atomic E-state index is 15.5. The number of halogens is 3. The molecule has 3 N–H and O–H groups in total. The average molecular weight is 909 g/mol. The van der Waals surface area contributed by atoms with Crippen LogP contribution in [0, 0.1) is 27.2 Å². The Balaban J connectivity index is 1.34. The Morgan fingerprint density at radius 2 is 1.66 bits per heavy atom. The van der Waals surface area contributed by atoms with Crippen LogP contribution in [0.3, 0.4) is 0 Å². The summed E-state index contributed by atoms with van der Waals surface area (Å²) < 4.78 is 11.5. The van der Waals surface area contributed by atoms with Crippen LogP contribution in [0.5, 0.6) is 17.2 Å². The van der Waals surface area contributed by atoms with Gasteiger partial charge in [-0.3, -0.25) is 29.5 Å². The zero-order valence-corrected chi connectivity index (χ0v) is 33.3. The van der Waals surface area contributed by atoms with Crippen LogP contribution >= 0.6 is 45.8 Å². The Kier molecular flexibility index (Phi) is 9.53. The number of carboxylic acids is 1. The molecule has 2 saturated heterocycles. The average Bonchev–Trinajstić information content (AvgIpc) is 3.57. The molecule has 286 valence electrons. The van der Waals surface area contributed by atoms with E-state index in [1.807, 2.05) is 28.7 Å². The van der Waals surface area contributed by atoms with Crippen molar-refractivity contribution in [3.8, 4) is 17.2 Å². The van der Waals surface area contributed by atoms with Crippen molar-refractivity contribution < 1.29 is 43.7 Å². The number of methoxy groups -OCH3 is 2. The maximum Gasteiger partial charge on any atom is 0.335 e. The third kappa shape index (κ3) is 5.65. The Morgan fingerprint density at radius 1 is 0.911 bits per heavy atom. The van der Waals surface area contributed by atoms with E-state index in [0.29, 0.717) is 31.0 Å². The van der Waals surface area contributed by atoms with Gasteiger partial charge in [0.1, 0.15) is 5.75 Å². The van der Waals surface area contributed by atoms with Gasteiger partial charge in [0.2, 0.25) is 11.8 Å². The molecule has 4 aromatic carbocycles. The van der Waals surface area contributed by atoms with Crippen molar-refractivity contribution in [2.24, 2.45) is 23.7 Å². The Bertz CT molecular complexity index is 2410. The normalized spacial score (nSPS) is 25.4. The molecule has 6 unspecified atom stereocenters. The second-order valence-electron chi connectivity index (χ2n) is 14.1. The van der Waals surface area contributed by atoms with Gasteiger partial charge in [0, 0.05) is 10.9 Å². The van der Waals surface area contributed by atoms with E-state index in [1.165, 1.54) is 44.6 Å². The summed E-state index contributed by atoms with van der Waals surface area (Å²) in [6.07, 6.45) is 2.06. The first-order valence-electron chi connectivity index (χ1n) is 17.5. The van der Waals surface area contributed by atoms with Gasteiger partial charge in [-0.15, -0.1) is 0 Å². The fourth-order valence-electron chi connectivity index (χ4n) is 9.17. The second kappa shape index (κ2) is 14.1. The van der Waals surface area contributed by atoms with Crippen molar-refractivity contribution in [1.29, 1.82) is 0 Å². The monoisotopic (exact) mass is 907 g/mol. The highest BCUT2D eigenvalue weighted by atomic mass is 127. The molecule has 3 fully saturated rings. The molecule has 4 aliphatic rings. The van der Waals surface area contributed by atoms with Crippen LogP contribution in [0.1, 0.15) is 40.2 Å². The number of phenols is 1. The third-order valence-corrected chi connectivity index (χ3v) is 12.9. The van der Waals surface area contributed by atoms with Crippen molar-refractivity contribution >= 4 is 86.8 Å². The number of aromatic hydroxyl groups is 1. The van der Waals surface area contributed by atoms with E-state index in [1.54, 1.807) is 48.5 Å². The first-order chi connectivity index (χ1) is 26.8. The van der Waals surface area contributed by atoms with Crippen molar-refractivity contribution in [1.82, 2.24) is 5.01 Å². The van der Waals surface area contributed by atoms with Crippen LogP contribution in [-0.2, 0) is 24.6 Å². The van der Waals surface area contributed by atoms with E-state index in [-0.39, 0.29) is 46.3 Å². The number of rotatable bonds is 8. The summed E-state index contributed by atoms with van der Waals surface area (Å²) in [4.78, 5) is 72.1. The SMILES string of the molecule is COc1ccc(C23C(=O)N(Nc4ccc(Cl)cc4Cl)C(=O)C2CC2C(=CCC4C(=O)N(c5cccc(C(=O)O)c5)C(=O)C42)C3c2cc(I)c(O)c(OC)c2)cc1. The molecule has 12 nitrogen and oxygen atoms in total. The number of nitrogens with zero attached hydrogens (tertiary/aromatic N) is 2. The summed E-state index contributed by atoms with van der Waals surface area (Å²) in [6, 6.07) is 20.6. The van der Waals surface area contributed by atoms with Crippen molar-refractivity contribution in [2.45, 2.75) is 24.2 Å². The lowest BCUT2D eigenvalue weighted by atomic mass is 9.49. The first-order valence-corrected chi connectivity index (χ1v) is 19.4. The third-order valence-electron chi connectivity index (χ3n) is 11.5.